The van der Waals surface area contributed by atoms with Crippen LogP contribution in [-0.4, -0.2) is 136 Å². The van der Waals surface area contributed by atoms with Crippen LogP contribution in [0.2, 0.25) is 0 Å². The van der Waals surface area contributed by atoms with Gasteiger partial charge in [0.05, 0.1) is 0 Å². The van der Waals surface area contributed by atoms with Crippen LogP contribution in [0, 0.1) is 0 Å². The first-order valence-corrected chi connectivity index (χ1v) is 0. The van der Waals surface area contributed by atoms with Crippen molar-refractivity contribution in [3.8, 4) is 0 Å². The Balaban J connectivity index is 0. The molecular formula is H8Ba2CaClI. The van der Waals surface area contributed by atoms with Gasteiger partial charge in [0.2, 0.25) is 0 Å². The molecule has 5 heavy (non-hydrogen) atoms. The predicted octanol–water partition coefficient (Wildman–Crippen LogP) is 0.572. The summed E-state index contributed by atoms with van der Waals surface area (Å²) in [6, 6.07) is 0. The molecule has 0 aliphatic carbocycles. The van der Waals surface area contributed by atoms with Gasteiger partial charge in [-0.25, -0.2) is 0 Å². The molecular weight excluding hydrogens is 477 g/mol. The van der Waals surface area contributed by atoms with E-state index in [1.807, 2.05) is 0 Å². The second kappa shape index (κ2) is 22.7. The van der Waals surface area contributed by atoms with Gasteiger partial charge in [-0.1, -0.05) is 0 Å². The molecule has 0 saturated carbocycles. The average Bonchev–Trinajstić information content (AvgIpc) is 0. The molecule has 0 heterocycles. The van der Waals surface area contributed by atoms with Crippen molar-refractivity contribution in [2.24, 2.45) is 0 Å². The summed E-state index contributed by atoms with van der Waals surface area (Å²) in [5.41, 5.74) is 0. The molecule has 0 rings (SSSR count). The zero-order valence-electron chi connectivity index (χ0n) is 8.94. The molecule has 0 spiro atoms. The maximum Gasteiger partial charge on any atom is 2.00 e. The van der Waals surface area contributed by atoms with Gasteiger partial charge in [0.15, 0.2) is 0 Å². The Morgan fingerprint density at radius 3 is 1.00 bits per heavy atom. The van der Waals surface area contributed by atoms with Gasteiger partial charge in [0, 0.05) is 0 Å². The Labute approximate surface area is 175 Å². The quantitative estimate of drug-likeness (QED) is 0.348. The monoisotopic (exact) mass is 486 g/mol. The van der Waals surface area contributed by atoms with E-state index < -0.39 is 0 Å². The molecule has 0 aromatic rings. The first-order valence-electron chi connectivity index (χ1n) is 0. The van der Waals surface area contributed by atoms with Crippen molar-refractivity contribution in [2.45, 2.75) is 0 Å². The fraction of sp³-hybridized carbons (Fsp3) is 0. The van der Waals surface area contributed by atoms with Crippen molar-refractivity contribution in [3.63, 3.8) is 0 Å². The van der Waals surface area contributed by atoms with Crippen LogP contribution in [0.1, 0.15) is 8.56 Å². The zero-order valence-corrected chi connectivity index (χ0v) is 17.2. The average molecular weight is 485 g/mol. The molecule has 28 valence electrons. The Morgan fingerprint density at radius 2 is 1.00 bits per heavy atom. The molecule has 0 radical (unpaired) electrons. The van der Waals surface area contributed by atoms with Gasteiger partial charge < -0.3 is 8.56 Å². The molecule has 0 aromatic heterocycles. The SMILES string of the molecule is Cl.I.[Ba+2].[Ba+2].[Ca+2].[H-].[H-].[H-].[H-].[H-].[H-]. The molecule has 0 saturated heterocycles. The third-order valence-electron chi connectivity index (χ3n) is 0. The van der Waals surface area contributed by atoms with E-state index >= 15 is 0 Å². The minimum Gasteiger partial charge on any atom is -1.00 e. The van der Waals surface area contributed by atoms with E-state index in [9.17, 15) is 0 Å². The molecule has 0 aliphatic rings. The molecule has 0 fully saturated rings. The summed E-state index contributed by atoms with van der Waals surface area (Å²) in [4.78, 5) is 0. The van der Waals surface area contributed by atoms with Crippen molar-refractivity contribution in [1.29, 1.82) is 0 Å². The minimum absolute atomic E-state index is 0. The van der Waals surface area contributed by atoms with E-state index in [1.165, 1.54) is 0 Å². The zero-order chi connectivity index (χ0) is 0. The Hall–Kier alpha value is 5.42. The largest absolute Gasteiger partial charge is 2.00 e. The van der Waals surface area contributed by atoms with Crippen LogP contribution in [0.25, 0.3) is 0 Å². The molecule has 0 N–H and O–H groups in total. The van der Waals surface area contributed by atoms with Crippen molar-refractivity contribution in [3.05, 3.63) is 0 Å². The number of hydrogen-bond donors (Lipinski definition) is 0. The van der Waals surface area contributed by atoms with E-state index in [4.69, 9.17) is 0 Å². The molecule has 0 aliphatic heterocycles. The number of halogens is 2. The Morgan fingerprint density at radius 1 is 1.00 bits per heavy atom. The van der Waals surface area contributed by atoms with Crippen molar-refractivity contribution in [1.82, 2.24) is 0 Å². The molecule has 0 aromatic carbocycles. The van der Waals surface area contributed by atoms with E-state index in [1.54, 1.807) is 0 Å². The van der Waals surface area contributed by atoms with Gasteiger partial charge in [0.25, 0.3) is 0 Å². The summed E-state index contributed by atoms with van der Waals surface area (Å²) in [6.45, 7) is 0. The van der Waals surface area contributed by atoms with E-state index in [0.717, 1.165) is 0 Å². The van der Waals surface area contributed by atoms with Gasteiger partial charge >= 0.3 is 136 Å². The van der Waals surface area contributed by atoms with Crippen LogP contribution in [0.5, 0.6) is 0 Å². The molecule has 0 atom stereocenters. The first kappa shape index (κ1) is 31.5. The molecule has 0 amide bonds. The van der Waals surface area contributed by atoms with Gasteiger partial charge in [0.1, 0.15) is 0 Å². The third-order valence-corrected chi connectivity index (χ3v) is 0. The predicted molar refractivity (Wildman–Crippen MR) is 46.6 cm³/mol. The van der Waals surface area contributed by atoms with Crippen molar-refractivity contribution >= 4 is 172 Å². The normalized spacial score (nSPS) is 0. The fourth-order valence-electron chi connectivity index (χ4n) is 0. The van der Waals surface area contributed by atoms with Crippen molar-refractivity contribution in [2.75, 3.05) is 0 Å². The number of rotatable bonds is 0. The topological polar surface area (TPSA) is 0 Å². The summed E-state index contributed by atoms with van der Waals surface area (Å²) in [5, 5.41) is 0. The summed E-state index contributed by atoms with van der Waals surface area (Å²) in [5.74, 6) is 0. The van der Waals surface area contributed by atoms with Crippen LogP contribution in [0.3, 0.4) is 0 Å². The summed E-state index contributed by atoms with van der Waals surface area (Å²) >= 11 is 0. The molecule has 0 bridgehead atoms. The summed E-state index contributed by atoms with van der Waals surface area (Å²) in [6.07, 6.45) is 0. The van der Waals surface area contributed by atoms with Gasteiger partial charge in [-0.3, -0.25) is 0 Å². The standard InChI is InChI=1S/2Ba.Ca.ClH.HI.6H/h;;;2*1H;;;;;;/q3*+2;;;6*-1. The van der Waals surface area contributed by atoms with Crippen LogP contribution in [0.4, 0.5) is 0 Å². The summed E-state index contributed by atoms with van der Waals surface area (Å²) < 4.78 is 0. The van der Waals surface area contributed by atoms with Crippen LogP contribution in [-0.2, 0) is 0 Å². The smallest absolute Gasteiger partial charge is 1.00 e. The minimum atomic E-state index is 0. The first-order chi connectivity index (χ1) is 0. The fourth-order valence-corrected chi connectivity index (χ4v) is 0. The number of hydrogen-bond acceptors (Lipinski definition) is 0. The molecule has 0 unspecified atom stereocenters. The van der Waals surface area contributed by atoms with E-state index in [-0.39, 0.29) is 180 Å². The summed E-state index contributed by atoms with van der Waals surface area (Å²) in [7, 11) is 0. The second-order valence-corrected chi connectivity index (χ2v) is 0. The van der Waals surface area contributed by atoms with Crippen molar-refractivity contribution < 1.29 is 8.56 Å². The Kier molecular flexibility index (Phi) is 143. The van der Waals surface area contributed by atoms with Gasteiger partial charge in [-0.05, 0) is 0 Å². The third kappa shape index (κ3) is 17.7. The van der Waals surface area contributed by atoms with Gasteiger partial charge in [-0.15, -0.1) is 36.4 Å². The van der Waals surface area contributed by atoms with Crippen LogP contribution in [0.15, 0.2) is 0 Å². The maximum atomic E-state index is 0. The van der Waals surface area contributed by atoms with Gasteiger partial charge in [-0.2, -0.15) is 0 Å². The molecule has 5 heteroatoms. The Bertz CT molecular complexity index is 20.5. The molecule has 0 nitrogen and oxygen atoms in total. The van der Waals surface area contributed by atoms with E-state index in [2.05, 4.69) is 0 Å². The second-order valence-electron chi connectivity index (χ2n) is 0. The van der Waals surface area contributed by atoms with Crippen LogP contribution < -0.4 is 0 Å². The van der Waals surface area contributed by atoms with Crippen LogP contribution >= 0.6 is 36.4 Å². The maximum absolute atomic E-state index is 0. The van der Waals surface area contributed by atoms with E-state index in [0.29, 0.717) is 0 Å².